The second-order valence-electron chi connectivity index (χ2n) is 12.0. The maximum Gasteiger partial charge on any atom is 0.252 e. The number of ketones is 2. The number of rotatable bonds is 5. The summed E-state index contributed by atoms with van der Waals surface area (Å²) in [6.07, 6.45) is 6.58. The number of aryl methyl sites for hydroxylation is 1. The van der Waals surface area contributed by atoms with Gasteiger partial charge < -0.3 is 10.4 Å². The summed E-state index contributed by atoms with van der Waals surface area (Å²) in [5.41, 5.74) is -4.85. The van der Waals surface area contributed by atoms with Crippen LogP contribution in [-0.4, -0.2) is 40.4 Å². The molecule has 1 aromatic rings. The molecule has 0 saturated heterocycles. The van der Waals surface area contributed by atoms with Gasteiger partial charge in [-0.1, -0.05) is 37.6 Å². The van der Waals surface area contributed by atoms with Gasteiger partial charge in [0.1, 0.15) is 5.82 Å². The van der Waals surface area contributed by atoms with E-state index in [-0.39, 0.29) is 23.9 Å². The molecule has 198 valence electrons. The zero-order chi connectivity index (χ0) is 26.8. The summed E-state index contributed by atoms with van der Waals surface area (Å²) < 4.78 is 30.6. The predicted molar refractivity (Wildman–Crippen MR) is 135 cm³/mol. The Morgan fingerprint density at radius 2 is 1.97 bits per heavy atom. The van der Waals surface area contributed by atoms with Gasteiger partial charge in [-0.15, -0.1) is 0 Å². The van der Waals surface area contributed by atoms with Crippen molar-refractivity contribution in [2.75, 3.05) is 6.54 Å². The van der Waals surface area contributed by atoms with E-state index in [4.69, 9.17) is 0 Å². The maximum atomic E-state index is 17.1. The lowest BCUT2D eigenvalue weighted by molar-refractivity contribution is -0.187. The van der Waals surface area contributed by atoms with Crippen molar-refractivity contribution in [1.29, 1.82) is 0 Å². The third kappa shape index (κ3) is 3.53. The molecule has 0 unspecified atom stereocenters. The Balaban J connectivity index is 1.37. The van der Waals surface area contributed by atoms with E-state index >= 15 is 4.39 Å². The molecular weight excluding hydrogens is 476 g/mol. The molecule has 5 rings (SSSR count). The van der Waals surface area contributed by atoms with Gasteiger partial charge in [0.05, 0.1) is 0 Å². The van der Waals surface area contributed by atoms with E-state index in [0.29, 0.717) is 44.2 Å². The Hall–Kier alpha value is -2.67. The molecule has 7 heteroatoms. The Kier molecular flexibility index (Phi) is 6.09. The van der Waals surface area contributed by atoms with Gasteiger partial charge in [-0.2, -0.15) is 0 Å². The minimum atomic E-state index is -2.19. The van der Waals surface area contributed by atoms with Crippen molar-refractivity contribution in [1.82, 2.24) is 5.32 Å². The molecule has 37 heavy (non-hydrogen) atoms. The SMILES string of the molecule is C[C@@H]1C[C@H]2[C@@H]3CCC4=CC(=O)C=C[C@]4(C)[C@@]3(F)C(=O)C[C@]2(C)[C@@]1(O)C(=O)NCCCc1cccc(F)c1. The molecule has 0 spiro atoms. The number of halogens is 2. The number of aliphatic hydroxyl groups is 1. The Bertz CT molecular complexity index is 1230. The van der Waals surface area contributed by atoms with E-state index in [1.165, 1.54) is 24.3 Å². The third-order valence-corrected chi connectivity index (χ3v) is 10.1. The lowest BCUT2D eigenvalue weighted by Crippen LogP contribution is -2.68. The van der Waals surface area contributed by atoms with Crippen LogP contribution in [0.4, 0.5) is 8.78 Å². The van der Waals surface area contributed by atoms with Gasteiger partial charge in [0.25, 0.3) is 5.91 Å². The van der Waals surface area contributed by atoms with Gasteiger partial charge in [-0.05, 0) is 80.7 Å². The summed E-state index contributed by atoms with van der Waals surface area (Å²) in [6, 6.07) is 6.30. The minimum Gasteiger partial charge on any atom is -0.379 e. The molecule has 0 radical (unpaired) electrons. The predicted octanol–water partition coefficient (Wildman–Crippen LogP) is 4.43. The quantitative estimate of drug-likeness (QED) is 0.573. The van der Waals surface area contributed by atoms with Crippen LogP contribution in [0.15, 0.2) is 48.1 Å². The number of carbonyl (C=O) groups is 3. The Morgan fingerprint density at radius 3 is 2.70 bits per heavy atom. The molecule has 4 aliphatic carbocycles. The molecule has 0 aliphatic heterocycles. The number of benzene rings is 1. The van der Waals surface area contributed by atoms with E-state index in [9.17, 15) is 23.9 Å². The van der Waals surface area contributed by atoms with Crippen molar-refractivity contribution < 1.29 is 28.3 Å². The van der Waals surface area contributed by atoms with Gasteiger partial charge in [0, 0.05) is 29.7 Å². The molecule has 3 saturated carbocycles. The second kappa shape index (κ2) is 8.69. The number of alkyl halides is 1. The zero-order valence-corrected chi connectivity index (χ0v) is 21.7. The molecule has 5 nitrogen and oxygen atoms in total. The average Bonchev–Trinajstić information content (AvgIpc) is 3.04. The molecule has 0 aromatic heterocycles. The lowest BCUT2D eigenvalue weighted by Gasteiger charge is -2.59. The van der Waals surface area contributed by atoms with Gasteiger partial charge >= 0.3 is 0 Å². The van der Waals surface area contributed by atoms with Crippen LogP contribution in [0.5, 0.6) is 0 Å². The van der Waals surface area contributed by atoms with Crippen molar-refractivity contribution in [3.63, 3.8) is 0 Å². The van der Waals surface area contributed by atoms with Crippen LogP contribution >= 0.6 is 0 Å². The summed E-state index contributed by atoms with van der Waals surface area (Å²) in [5.74, 6) is -3.12. The van der Waals surface area contributed by atoms with E-state index in [0.717, 1.165) is 5.56 Å². The molecule has 2 N–H and O–H groups in total. The minimum absolute atomic E-state index is 0.194. The highest BCUT2D eigenvalue weighted by molar-refractivity contribution is 6.02. The van der Waals surface area contributed by atoms with Gasteiger partial charge in [0.15, 0.2) is 22.8 Å². The van der Waals surface area contributed by atoms with Crippen molar-refractivity contribution in [3.8, 4) is 0 Å². The van der Waals surface area contributed by atoms with E-state index in [1.807, 2.05) is 6.07 Å². The third-order valence-electron chi connectivity index (χ3n) is 10.1. The Labute approximate surface area is 216 Å². The first-order chi connectivity index (χ1) is 17.4. The summed E-state index contributed by atoms with van der Waals surface area (Å²) >= 11 is 0. The van der Waals surface area contributed by atoms with E-state index in [2.05, 4.69) is 5.32 Å². The van der Waals surface area contributed by atoms with Gasteiger partial charge in [0.2, 0.25) is 0 Å². The van der Waals surface area contributed by atoms with Crippen LogP contribution in [0, 0.1) is 34.4 Å². The average molecular weight is 512 g/mol. The number of hydrogen-bond donors (Lipinski definition) is 2. The van der Waals surface area contributed by atoms with Crippen LogP contribution < -0.4 is 5.32 Å². The van der Waals surface area contributed by atoms with Crippen LogP contribution in [0.1, 0.15) is 58.4 Å². The van der Waals surface area contributed by atoms with Gasteiger partial charge in [-0.25, -0.2) is 8.78 Å². The fraction of sp³-hybridized carbons (Fsp3) is 0.567. The van der Waals surface area contributed by atoms with Crippen molar-refractivity contribution in [2.24, 2.45) is 28.6 Å². The number of fused-ring (bicyclic) bond motifs is 5. The first kappa shape index (κ1) is 26.0. The summed E-state index contributed by atoms with van der Waals surface area (Å²) in [6.45, 7) is 5.55. The monoisotopic (exact) mass is 511 g/mol. The highest BCUT2D eigenvalue weighted by Crippen LogP contribution is 2.69. The number of carbonyl (C=O) groups excluding carboxylic acids is 3. The number of hydrogen-bond acceptors (Lipinski definition) is 4. The number of Topliss-reactive ketones (excluding diaryl/α,β-unsaturated/α-hetero) is 1. The number of amides is 1. The Morgan fingerprint density at radius 1 is 1.22 bits per heavy atom. The van der Waals surface area contributed by atoms with Crippen LogP contribution in [0.2, 0.25) is 0 Å². The highest BCUT2D eigenvalue weighted by atomic mass is 19.1. The fourth-order valence-corrected chi connectivity index (χ4v) is 8.08. The van der Waals surface area contributed by atoms with Gasteiger partial charge in [-0.3, -0.25) is 14.4 Å². The zero-order valence-electron chi connectivity index (χ0n) is 21.7. The summed E-state index contributed by atoms with van der Waals surface area (Å²) in [4.78, 5) is 39.2. The maximum absolute atomic E-state index is 17.1. The van der Waals surface area contributed by atoms with Crippen molar-refractivity contribution in [3.05, 3.63) is 59.4 Å². The molecule has 4 aliphatic rings. The van der Waals surface area contributed by atoms with Crippen molar-refractivity contribution >= 4 is 17.5 Å². The molecule has 1 aromatic carbocycles. The molecular formula is C30H35F2NO4. The fourth-order valence-electron chi connectivity index (χ4n) is 8.08. The van der Waals surface area contributed by atoms with Crippen LogP contribution in [-0.2, 0) is 20.8 Å². The molecule has 0 bridgehead atoms. The highest BCUT2D eigenvalue weighted by Gasteiger charge is 2.76. The first-order valence-electron chi connectivity index (χ1n) is 13.3. The van der Waals surface area contributed by atoms with E-state index in [1.54, 1.807) is 32.9 Å². The van der Waals surface area contributed by atoms with Crippen molar-refractivity contribution in [2.45, 2.75) is 70.6 Å². The molecule has 3 fully saturated rings. The summed E-state index contributed by atoms with van der Waals surface area (Å²) in [5, 5.41) is 14.8. The number of nitrogens with one attached hydrogen (secondary N) is 1. The van der Waals surface area contributed by atoms with E-state index < -0.39 is 45.6 Å². The molecule has 7 atom stereocenters. The second-order valence-corrected chi connectivity index (χ2v) is 12.0. The van der Waals surface area contributed by atoms with Crippen LogP contribution in [0.25, 0.3) is 0 Å². The van der Waals surface area contributed by atoms with Crippen LogP contribution in [0.3, 0.4) is 0 Å². The first-order valence-corrected chi connectivity index (χ1v) is 13.3. The number of allylic oxidation sites excluding steroid dienone is 4. The largest absolute Gasteiger partial charge is 0.379 e. The lowest BCUT2D eigenvalue weighted by atomic mass is 9.45. The standard InChI is InChI=1S/C30H35F2NO4/c1-18-14-24-23-10-9-20-16-22(34)11-12-27(20,2)29(23,32)25(35)17-28(24,3)30(18,37)26(36)33-13-5-7-19-6-4-8-21(31)15-19/h4,6,8,11-12,15-16,18,23-24,37H,5,7,9-10,13-14,17H2,1-3H3,(H,33,36)/t18-,23+,24+,27+,28+,29+,30+/m1/s1. The smallest absolute Gasteiger partial charge is 0.252 e. The summed E-state index contributed by atoms with van der Waals surface area (Å²) in [7, 11) is 0. The molecule has 0 heterocycles. The topological polar surface area (TPSA) is 83.5 Å². The molecule has 1 amide bonds. The normalized spacial score (nSPS) is 40.5.